The molecule has 1 aromatic rings. The van der Waals surface area contributed by atoms with E-state index in [1.165, 1.54) is 0 Å². The minimum atomic E-state index is -1.82. The van der Waals surface area contributed by atoms with Gasteiger partial charge in [-0.25, -0.2) is 9.59 Å². The number of carbonyl (C=O) groups is 2. The summed E-state index contributed by atoms with van der Waals surface area (Å²) in [6, 6.07) is 7.84. The molecule has 0 aliphatic heterocycles. The minimum absolute atomic E-state index is 0.970. The van der Waals surface area contributed by atoms with Crippen molar-refractivity contribution >= 4 is 40.2 Å². The van der Waals surface area contributed by atoms with Gasteiger partial charge in [-0.15, -0.1) is 0 Å². The number of aliphatic carboxylic acids is 2. The van der Waals surface area contributed by atoms with Gasteiger partial charge in [0.1, 0.15) is 0 Å². The number of benzene rings is 1. The average molecular weight is 324 g/mol. The first-order valence-corrected chi connectivity index (χ1v) is 4.74. The standard InChI is InChI=1S/C6H7IN2.C2H2O4/c7-5-3-1-2-4-6(5)9-8;3-1(4)2(5)6/h1-4,9H,8H2;(H,3,4)(H,5,6). The highest BCUT2D eigenvalue weighted by molar-refractivity contribution is 14.1. The average Bonchev–Trinajstić information content (AvgIpc) is 2.19. The summed E-state index contributed by atoms with van der Waals surface area (Å²) in [6.45, 7) is 0. The SMILES string of the molecule is NNc1ccccc1I.O=C(O)C(=O)O. The third-order valence-electron chi connectivity index (χ3n) is 1.21. The van der Waals surface area contributed by atoms with Gasteiger partial charge in [-0.3, -0.25) is 5.84 Å². The number of carboxylic acid groups (broad SMARTS) is 2. The Kier molecular flexibility index (Phi) is 6.38. The van der Waals surface area contributed by atoms with Gasteiger partial charge in [-0.2, -0.15) is 0 Å². The fourth-order valence-corrected chi connectivity index (χ4v) is 1.12. The molecule has 0 fully saturated rings. The zero-order valence-electron chi connectivity index (χ0n) is 7.48. The molecule has 0 radical (unpaired) electrons. The first kappa shape index (κ1) is 13.7. The normalized spacial score (nSPS) is 8.40. The van der Waals surface area contributed by atoms with Crippen LogP contribution in [0.5, 0.6) is 0 Å². The van der Waals surface area contributed by atoms with Gasteiger partial charge < -0.3 is 15.6 Å². The molecule has 6 nitrogen and oxygen atoms in total. The zero-order valence-corrected chi connectivity index (χ0v) is 9.63. The highest BCUT2D eigenvalue weighted by Gasteiger charge is 2.04. The lowest BCUT2D eigenvalue weighted by Crippen LogP contribution is -2.09. The van der Waals surface area contributed by atoms with Crippen molar-refractivity contribution < 1.29 is 19.8 Å². The van der Waals surface area contributed by atoms with E-state index in [0.29, 0.717) is 0 Å². The van der Waals surface area contributed by atoms with E-state index in [1.54, 1.807) is 0 Å². The van der Waals surface area contributed by atoms with Crippen LogP contribution in [0, 0.1) is 3.57 Å². The van der Waals surface area contributed by atoms with E-state index >= 15 is 0 Å². The van der Waals surface area contributed by atoms with E-state index in [-0.39, 0.29) is 0 Å². The Bertz CT molecular complexity index is 344. The number of anilines is 1. The minimum Gasteiger partial charge on any atom is -0.473 e. The van der Waals surface area contributed by atoms with E-state index in [2.05, 4.69) is 28.0 Å². The summed E-state index contributed by atoms with van der Waals surface area (Å²) in [5.41, 5.74) is 3.56. The summed E-state index contributed by atoms with van der Waals surface area (Å²) >= 11 is 2.22. The summed E-state index contributed by atoms with van der Waals surface area (Å²) in [5.74, 6) is 1.55. The second kappa shape index (κ2) is 7.01. The predicted octanol–water partition coefficient (Wildman–Crippen LogP) is 0.732. The molecule has 0 unspecified atom stereocenters. The van der Waals surface area contributed by atoms with E-state index in [4.69, 9.17) is 25.6 Å². The van der Waals surface area contributed by atoms with Crippen molar-refractivity contribution in [1.82, 2.24) is 0 Å². The number of nitrogens with two attached hydrogens (primary N) is 1. The summed E-state index contributed by atoms with van der Waals surface area (Å²) in [4.78, 5) is 18.2. The Balaban J connectivity index is 0.000000288. The molecule has 0 saturated carbocycles. The van der Waals surface area contributed by atoms with Crippen LogP contribution in [0.2, 0.25) is 0 Å². The first-order valence-electron chi connectivity index (χ1n) is 3.66. The lowest BCUT2D eigenvalue weighted by atomic mass is 10.3. The van der Waals surface area contributed by atoms with Crippen LogP contribution in [0.4, 0.5) is 5.69 Å². The van der Waals surface area contributed by atoms with Gasteiger partial charge in [0, 0.05) is 3.57 Å². The number of nitrogen functional groups attached to an aromatic ring is 1. The Morgan fingerprint density at radius 1 is 1.20 bits per heavy atom. The van der Waals surface area contributed by atoms with Crippen LogP contribution in [0.1, 0.15) is 0 Å². The topological polar surface area (TPSA) is 113 Å². The van der Waals surface area contributed by atoms with Crippen LogP contribution in [0.25, 0.3) is 0 Å². The molecule has 15 heavy (non-hydrogen) atoms. The fraction of sp³-hybridized carbons (Fsp3) is 0. The Morgan fingerprint density at radius 3 is 1.93 bits per heavy atom. The molecular weight excluding hydrogens is 315 g/mol. The number of halogens is 1. The van der Waals surface area contributed by atoms with E-state index < -0.39 is 11.9 Å². The van der Waals surface area contributed by atoms with Gasteiger partial charge in [0.15, 0.2) is 0 Å². The number of hydrogen-bond acceptors (Lipinski definition) is 4. The highest BCUT2D eigenvalue weighted by Crippen LogP contribution is 2.14. The van der Waals surface area contributed by atoms with Crippen molar-refractivity contribution in [3.8, 4) is 0 Å². The third-order valence-corrected chi connectivity index (χ3v) is 2.15. The molecular formula is C8H9IN2O4. The maximum absolute atomic E-state index is 9.10. The van der Waals surface area contributed by atoms with Gasteiger partial charge in [-0.05, 0) is 34.7 Å². The molecule has 0 saturated heterocycles. The second-order valence-electron chi connectivity index (χ2n) is 2.23. The van der Waals surface area contributed by atoms with Crippen molar-refractivity contribution in [3.05, 3.63) is 27.8 Å². The molecule has 1 aromatic carbocycles. The lowest BCUT2D eigenvalue weighted by Gasteiger charge is -1.99. The molecule has 0 spiro atoms. The number of carboxylic acids is 2. The summed E-state index contributed by atoms with van der Waals surface area (Å²) in [7, 11) is 0. The van der Waals surface area contributed by atoms with Crippen LogP contribution in [0.3, 0.4) is 0 Å². The van der Waals surface area contributed by atoms with Crippen LogP contribution in [-0.2, 0) is 9.59 Å². The van der Waals surface area contributed by atoms with Crippen LogP contribution in [0.15, 0.2) is 24.3 Å². The molecule has 0 heterocycles. The van der Waals surface area contributed by atoms with Crippen molar-refractivity contribution in [2.45, 2.75) is 0 Å². The number of hydrogen-bond donors (Lipinski definition) is 4. The predicted molar refractivity (Wildman–Crippen MR) is 62.2 cm³/mol. The molecule has 1 rings (SSSR count). The molecule has 0 aliphatic carbocycles. The Hall–Kier alpha value is -1.35. The summed E-state index contributed by atoms with van der Waals surface area (Å²) < 4.78 is 1.14. The molecule has 82 valence electrons. The fourth-order valence-electron chi connectivity index (χ4n) is 0.578. The number of para-hydroxylation sites is 1. The van der Waals surface area contributed by atoms with Gasteiger partial charge in [-0.1, -0.05) is 12.1 Å². The van der Waals surface area contributed by atoms with Gasteiger partial charge in [0.05, 0.1) is 5.69 Å². The molecule has 0 aromatic heterocycles. The van der Waals surface area contributed by atoms with Gasteiger partial charge in [0.2, 0.25) is 0 Å². The Morgan fingerprint density at radius 2 is 1.67 bits per heavy atom. The lowest BCUT2D eigenvalue weighted by molar-refractivity contribution is -0.159. The molecule has 0 bridgehead atoms. The maximum atomic E-state index is 9.10. The van der Waals surface area contributed by atoms with E-state index in [9.17, 15) is 0 Å². The monoisotopic (exact) mass is 324 g/mol. The van der Waals surface area contributed by atoms with Crippen molar-refractivity contribution in [1.29, 1.82) is 0 Å². The summed E-state index contributed by atoms with van der Waals surface area (Å²) in [5, 5.41) is 14.8. The quantitative estimate of drug-likeness (QED) is 0.262. The largest absolute Gasteiger partial charge is 0.473 e. The van der Waals surface area contributed by atoms with Crippen LogP contribution in [-0.4, -0.2) is 22.2 Å². The van der Waals surface area contributed by atoms with Crippen LogP contribution < -0.4 is 11.3 Å². The molecule has 0 aliphatic rings. The van der Waals surface area contributed by atoms with Gasteiger partial charge >= 0.3 is 11.9 Å². The first-order chi connectivity index (χ1) is 6.99. The molecule has 0 amide bonds. The second-order valence-corrected chi connectivity index (χ2v) is 3.40. The Labute approximate surface area is 99.2 Å². The molecule has 7 heteroatoms. The maximum Gasteiger partial charge on any atom is 0.414 e. The number of hydrazine groups is 1. The highest BCUT2D eigenvalue weighted by atomic mass is 127. The van der Waals surface area contributed by atoms with Crippen molar-refractivity contribution in [3.63, 3.8) is 0 Å². The molecule has 0 atom stereocenters. The van der Waals surface area contributed by atoms with Crippen LogP contribution >= 0.6 is 22.6 Å². The smallest absolute Gasteiger partial charge is 0.414 e. The zero-order chi connectivity index (χ0) is 11.8. The molecule has 5 N–H and O–H groups in total. The third kappa shape index (κ3) is 5.86. The number of nitrogens with one attached hydrogen (secondary N) is 1. The van der Waals surface area contributed by atoms with Gasteiger partial charge in [0.25, 0.3) is 0 Å². The van der Waals surface area contributed by atoms with E-state index in [0.717, 1.165) is 9.26 Å². The van der Waals surface area contributed by atoms with Crippen molar-refractivity contribution in [2.75, 3.05) is 5.43 Å². The van der Waals surface area contributed by atoms with Crippen molar-refractivity contribution in [2.24, 2.45) is 5.84 Å². The van der Waals surface area contributed by atoms with E-state index in [1.807, 2.05) is 24.3 Å². The summed E-state index contributed by atoms with van der Waals surface area (Å²) in [6.07, 6.45) is 0. The number of rotatable bonds is 1.